The summed E-state index contributed by atoms with van der Waals surface area (Å²) >= 11 is 0. The van der Waals surface area contributed by atoms with Gasteiger partial charge in [0.1, 0.15) is 0 Å². The second-order valence-corrected chi connectivity index (χ2v) is 11.5. The van der Waals surface area contributed by atoms with E-state index in [1.54, 1.807) is 6.07 Å². The van der Waals surface area contributed by atoms with E-state index in [4.69, 9.17) is 0 Å². The molecule has 7 heteroatoms. The van der Waals surface area contributed by atoms with Crippen molar-refractivity contribution in [3.63, 3.8) is 0 Å². The van der Waals surface area contributed by atoms with E-state index in [-0.39, 0.29) is 22.9 Å². The molecule has 1 aromatic carbocycles. The largest absolute Gasteiger partial charge is 0.325 e. The third-order valence-electron chi connectivity index (χ3n) is 8.02. The molecule has 2 bridgehead atoms. The molecule has 3 aliphatic rings. The van der Waals surface area contributed by atoms with Gasteiger partial charge in [-0.15, -0.1) is 0 Å². The molecule has 0 spiro atoms. The highest BCUT2D eigenvalue weighted by Gasteiger charge is 2.57. The molecule has 0 saturated carbocycles. The van der Waals surface area contributed by atoms with Crippen molar-refractivity contribution in [3.05, 3.63) is 29.3 Å². The van der Waals surface area contributed by atoms with Crippen molar-refractivity contribution < 1.29 is 13.2 Å². The van der Waals surface area contributed by atoms with E-state index in [2.05, 4.69) is 30.4 Å². The Kier molecular flexibility index (Phi) is 4.97. The molecule has 2 heterocycles. The number of hydrogen-bond donors (Lipinski definition) is 1. The molecule has 2 saturated heterocycles. The molecule has 2 atom stereocenters. The maximum Gasteiger partial charge on any atom is 0.320 e. The summed E-state index contributed by atoms with van der Waals surface area (Å²) in [5.74, 6) is 0. The molecule has 6 nitrogen and oxygen atoms in total. The van der Waals surface area contributed by atoms with Gasteiger partial charge in [-0.25, -0.2) is 17.9 Å². The van der Waals surface area contributed by atoms with E-state index in [0.717, 1.165) is 50.9 Å². The molecule has 1 aromatic rings. The molecule has 0 aromatic heterocycles. The Hall–Kier alpha value is -1.60. The third-order valence-corrected chi connectivity index (χ3v) is 9.44. The van der Waals surface area contributed by atoms with Gasteiger partial charge in [-0.2, -0.15) is 0 Å². The fourth-order valence-corrected chi connectivity index (χ4v) is 6.42. The highest BCUT2D eigenvalue weighted by Crippen LogP contribution is 2.56. The molecule has 2 aliphatic heterocycles. The maximum atomic E-state index is 13.3. The second-order valence-electron chi connectivity index (χ2n) is 9.57. The number of sulfonamides is 1. The summed E-state index contributed by atoms with van der Waals surface area (Å²) in [6.07, 6.45) is 5.01. The Bertz CT molecular complexity index is 921. The van der Waals surface area contributed by atoms with E-state index in [1.165, 1.54) is 19.0 Å². The lowest BCUT2D eigenvalue weighted by atomic mass is 9.51. The summed E-state index contributed by atoms with van der Waals surface area (Å²) in [5.41, 5.74) is 1.97. The van der Waals surface area contributed by atoms with Crippen LogP contribution in [-0.2, 0) is 21.9 Å². The van der Waals surface area contributed by atoms with Crippen LogP contribution in [0.4, 0.5) is 4.79 Å². The zero-order valence-corrected chi connectivity index (χ0v) is 18.8. The van der Waals surface area contributed by atoms with Crippen molar-refractivity contribution in [2.24, 2.45) is 5.41 Å². The Morgan fingerprint density at radius 1 is 1.10 bits per heavy atom. The van der Waals surface area contributed by atoms with Gasteiger partial charge in [0, 0.05) is 31.1 Å². The van der Waals surface area contributed by atoms with Crippen LogP contribution < -0.4 is 4.72 Å². The summed E-state index contributed by atoms with van der Waals surface area (Å²) in [4.78, 5) is 17.8. The van der Waals surface area contributed by atoms with E-state index in [1.807, 2.05) is 17.0 Å². The Labute approximate surface area is 174 Å². The first kappa shape index (κ1) is 20.7. The lowest BCUT2D eigenvalue weighted by Gasteiger charge is -2.61. The first-order chi connectivity index (χ1) is 13.6. The Balaban J connectivity index is 1.73. The van der Waals surface area contributed by atoms with Crippen LogP contribution in [0.2, 0.25) is 0 Å². The minimum absolute atomic E-state index is 0.120. The molecular formula is C22H33N3O3S. The predicted octanol–water partition coefficient (Wildman–Crippen LogP) is 3.11. The predicted molar refractivity (Wildman–Crippen MR) is 113 cm³/mol. The van der Waals surface area contributed by atoms with Crippen molar-refractivity contribution in [2.45, 2.75) is 69.2 Å². The Morgan fingerprint density at radius 2 is 1.79 bits per heavy atom. The number of rotatable bonds is 2. The molecule has 0 unspecified atom stereocenters. The molecule has 2 amide bonds. The van der Waals surface area contributed by atoms with Crippen LogP contribution in [0.3, 0.4) is 0 Å². The number of nitrogens with one attached hydrogen (secondary N) is 1. The minimum atomic E-state index is -3.48. The molecule has 160 valence electrons. The van der Waals surface area contributed by atoms with Crippen LogP contribution in [0.25, 0.3) is 0 Å². The number of carbonyl (C=O) groups is 1. The van der Waals surface area contributed by atoms with Gasteiger partial charge in [0.05, 0.1) is 4.90 Å². The van der Waals surface area contributed by atoms with Crippen molar-refractivity contribution >= 4 is 16.1 Å². The van der Waals surface area contributed by atoms with Crippen LogP contribution >= 0.6 is 0 Å². The van der Waals surface area contributed by atoms with Gasteiger partial charge in [0.15, 0.2) is 0 Å². The highest BCUT2D eigenvalue weighted by atomic mass is 32.2. The van der Waals surface area contributed by atoms with E-state index in [0.29, 0.717) is 4.90 Å². The van der Waals surface area contributed by atoms with E-state index in [9.17, 15) is 13.2 Å². The molecule has 2 fully saturated rings. The van der Waals surface area contributed by atoms with Gasteiger partial charge < -0.3 is 9.80 Å². The molecule has 4 rings (SSSR count). The Morgan fingerprint density at radius 3 is 2.45 bits per heavy atom. The van der Waals surface area contributed by atoms with Crippen LogP contribution in [0, 0.1) is 5.41 Å². The van der Waals surface area contributed by atoms with Crippen LogP contribution in [0.15, 0.2) is 23.1 Å². The number of hydrogen-bond acceptors (Lipinski definition) is 3. The second kappa shape index (κ2) is 6.98. The van der Waals surface area contributed by atoms with E-state index < -0.39 is 10.0 Å². The normalized spacial score (nSPS) is 28.8. The van der Waals surface area contributed by atoms with Gasteiger partial charge in [0.2, 0.25) is 10.0 Å². The first-order valence-corrected chi connectivity index (χ1v) is 12.2. The quantitative estimate of drug-likeness (QED) is 0.801. The lowest BCUT2D eigenvalue weighted by molar-refractivity contribution is -0.0243. The topological polar surface area (TPSA) is 69.7 Å². The lowest BCUT2D eigenvalue weighted by Crippen LogP contribution is -2.66. The molecular weight excluding hydrogens is 386 g/mol. The van der Waals surface area contributed by atoms with Crippen molar-refractivity contribution in [3.8, 4) is 0 Å². The summed E-state index contributed by atoms with van der Waals surface area (Å²) < 4.78 is 27.2. The van der Waals surface area contributed by atoms with Gasteiger partial charge in [-0.05, 0) is 67.8 Å². The number of nitrogens with zero attached hydrogens (tertiary/aromatic N) is 2. The van der Waals surface area contributed by atoms with Crippen LogP contribution in [-0.4, -0.2) is 57.0 Å². The molecule has 1 aliphatic carbocycles. The zero-order chi connectivity index (χ0) is 21.0. The zero-order valence-electron chi connectivity index (χ0n) is 18.0. The fraction of sp³-hybridized carbons (Fsp3) is 0.682. The standard InChI is InChI=1S/C22H33N3O3S/c1-21(2)19-14-16-8-9-17(29(27,28)23-4)15-18(16)22(21,3)10-13-25(19)20(26)24-11-6-5-7-12-24/h8-9,15,19,23H,5-7,10-14H2,1-4H3/t19-,22+/m1/s1. The molecule has 0 radical (unpaired) electrons. The smallest absolute Gasteiger partial charge is 0.320 e. The number of piperidine rings is 2. The summed E-state index contributed by atoms with van der Waals surface area (Å²) in [6, 6.07) is 5.81. The SMILES string of the molecule is CNS(=O)(=O)c1ccc2c(c1)[C@]1(C)CCN(C(=O)N3CCCCC3)[C@H](C2)C1(C)C. The van der Waals surface area contributed by atoms with Gasteiger partial charge >= 0.3 is 6.03 Å². The third kappa shape index (κ3) is 3.08. The number of urea groups is 1. The van der Waals surface area contributed by atoms with Crippen molar-refractivity contribution in [2.75, 3.05) is 26.7 Å². The van der Waals surface area contributed by atoms with E-state index >= 15 is 0 Å². The monoisotopic (exact) mass is 419 g/mol. The van der Waals surface area contributed by atoms with Crippen molar-refractivity contribution in [1.29, 1.82) is 0 Å². The fourth-order valence-electron chi connectivity index (χ4n) is 5.66. The van der Waals surface area contributed by atoms with Crippen LogP contribution in [0.5, 0.6) is 0 Å². The average molecular weight is 420 g/mol. The number of carbonyl (C=O) groups excluding carboxylic acids is 1. The average Bonchev–Trinajstić information content (AvgIpc) is 2.70. The number of benzene rings is 1. The van der Waals surface area contributed by atoms with Crippen molar-refractivity contribution in [1.82, 2.24) is 14.5 Å². The highest BCUT2D eigenvalue weighted by molar-refractivity contribution is 7.89. The van der Waals surface area contributed by atoms with Gasteiger partial charge in [-0.3, -0.25) is 0 Å². The molecule has 29 heavy (non-hydrogen) atoms. The molecule has 1 N–H and O–H groups in total. The minimum Gasteiger partial charge on any atom is -0.325 e. The number of amides is 2. The summed E-state index contributed by atoms with van der Waals surface area (Å²) in [6.45, 7) is 9.19. The summed E-state index contributed by atoms with van der Waals surface area (Å²) in [5, 5.41) is 0. The van der Waals surface area contributed by atoms with Gasteiger partial charge in [0.25, 0.3) is 0 Å². The summed E-state index contributed by atoms with van der Waals surface area (Å²) in [7, 11) is -2.04. The maximum absolute atomic E-state index is 13.3. The number of fused-ring (bicyclic) bond motifs is 4. The van der Waals surface area contributed by atoms with Gasteiger partial charge in [-0.1, -0.05) is 26.8 Å². The van der Waals surface area contributed by atoms with Crippen LogP contribution in [0.1, 0.15) is 57.6 Å². The first-order valence-electron chi connectivity index (χ1n) is 10.7. The number of likely N-dealkylation sites (tertiary alicyclic amines) is 2.